The Morgan fingerprint density at radius 2 is 2.38 bits per heavy atom. The molecule has 0 saturated heterocycles. The molecule has 0 aromatic rings. The fourth-order valence-corrected chi connectivity index (χ4v) is 1.22. The van der Waals surface area contributed by atoms with Crippen LogP contribution in [0.2, 0.25) is 0 Å². The molecular weight excluding hydrogens is 157 g/mol. The second-order valence-corrected chi connectivity index (χ2v) is 3.04. The van der Waals surface area contributed by atoms with Gasteiger partial charge in [0.15, 0.2) is 0 Å². The minimum Gasteiger partial charge on any atom is -0.106 e. The predicted molar refractivity (Wildman–Crippen MR) is 60.2 cm³/mol. The molecule has 0 aromatic heterocycles. The third-order valence-corrected chi connectivity index (χ3v) is 2.08. The Hall–Kier alpha value is -1.27. The highest BCUT2D eigenvalue weighted by Gasteiger charge is 2.08. The van der Waals surface area contributed by atoms with Crippen LogP contribution >= 0.6 is 0 Å². The van der Waals surface area contributed by atoms with Crippen molar-refractivity contribution in [2.45, 2.75) is 19.8 Å². The first-order chi connectivity index (χ1) is 6.24. The lowest BCUT2D eigenvalue weighted by atomic mass is 9.91. The first-order valence-corrected chi connectivity index (χ1v) is 4.37. The van der Waals surface area contributed by atoms with E-state index in [-0.39, 0.29) is 0 Å². The van der Waals surface area contributed by atoms with Gasteiger partial charge in [-0.15, -0.1) is 10.1 Å². The lowest BCUT2D eigenvalue weighted by molar-refractivity contribution is 1.01. The van der Waals surface area contributed by atoms with Gasteiger partial charge in [0, 0.05) is 12.5 Å². The Labute approximate surface area is 80.7 Å². The van der Waals surface area contributed by atoms with Crippen molar-refractivity contribution in [1.29, 1.82) is 0 Å². The number of hydrogen-bond acceptors (Lipinski definition) is 0. The summed E-state index contributed by atoms with van der Waals surface area (Å²) in [6, 6.07) is 0. The van der Waals surface area contributed by atoms with E-state index in [0.29, 0.717) is 0 Å². The zero-order valence-corrected chi connectivity index (χ0v) is 7.96. The van der Waals surface area contributed by atoms with Gasteiger partial charge in [0.2, 0.25) is 0 Å². The average molecular weight is 170 g/mol. The number of rotatable bonds is 1. The summed E-state index contributed by atoms with van der Waals surface area (Å²) in [5.41, 5.74) is 3.06. The topological polar surface area (TPSA) is 14.1 Å². The number of nitrogens with zero attached hydrogens (tertiary/aromatic N) is 1. The van der Waals surface area contributed by atoms with Crippen molar-refractivity contribution in [3.8, 4) is 0 Å². The molecular formula is C11H13BN+. The molecule has 0 saturated carbocycles. The van der Waals surface area contributed by atoms with Crippen LogP contribution in [-0.2, 0) is 0 Å². The first kappa shape index (κ1) is 9.82. The van der Waals surface area contributed by atoms with Crippen LogP contribution in [0.1, 0.15) is 19.8 Å². The molecule has 2 heteroatoms. The maximum Gasteiger partial charge on any atom is 0.303 e. The molecule has 0 bridgehead atoms. The Balaban J connectivity index is 2.87. The van der Waals surface area contributed by atoms with Gasteiger partial charge in [0.25, 0.3) is 6.72 Å². The van der Waals surface area contributed by atoms with E-state index in [1.54, 1.807) is 0 Å². The zero-order valence-electron chi connectivity index (χ0n) is 7.96. The fourth-order valence-electron chi connectivity index (χ4n) is 1.22. The number of hydrogen-bond donors (Lipinski definition) is 0. The quantitative estimate of drug-likeness (QED) is 0.322. The van der Waals surface area contributed by atoms with E-state index >= 15 is 0 Å². The van der Waals surface area contributed by atoms with Gasteiger partial charge in [-0.3, -0.25) is 0 Å². The van der Waals surface area contributed by atoms with E-state index in [9.17, 15) is 0 Å². The molecule has 0 atom stereocenters. The molecule has 13 heavy (non-hydrogen) atoms. The van der Waals surface area contributed by atoms with Crippen molar-refractivity contribution in [2.75, 3.05) is 0 Å². The lowest BCUT2D eigenvalue weighted by Gasteiger charge is -2.00. The highest BCUT2D eigenvalue weighted by Crippen LogP contribution is 2.11. The van der Waals surface area contributed by atoms with Gasteiger partial charge >= 0.3 is 5.71 Å². The zero-order chi connectivity index (χ0) is 9.68. The van der Waals surface area contributed by atoms with Crippen LogP contribution in [0, 0.1) is 0 Å². The molecule has 0 heterocycles. The molecule has 1 rings (SSSR count). The number of allylic oxidation sites excluding steroid dienone is 6. The summed E-state index contributed by atoms with van der Waals surface area (Å²) < 4.78 is 3.92. The largest absolute Gasteiger partial charge is 0.303 e. The van der Waals surface area contributed by atoms with E-state index in [2.05, 4.69) is 11.4 Å². The molecule has 0 amide bonds. The molecule has 1 nitrogen and oxygen atoms in total. The van der Waals surface area contributed by atoms with Crippen molar-refractivity contribution >= 4 is 20.3 Å². The minimum atomic E-state index is 0.833. The summed E-state index contributed by atoms with van der Waals surface area (Å²) in [6.07, 6.45) is 9.87. The molecule has 64 valence electrons. The molecule has 2 radical (unpaired) electrons. The van der Waals surface area contributed by atoms with Crippen molar-refractivity contribution in [3.63, 3.8) is 0 Å². The van der Waals surface area contributed by atoms with Crippen LogP contribution in [0.5, 0.6) is 0 Å². The third kappa shape index (κ3) is 2.92. The molecule has 1 aliphatic rings. The second-order valence-electron chi connectivity index (χ2n) is 3.04. The first-order valence-electron chi connectivity index (χ1n) is 4.37. The molecule has 0 fully saturated rings. The van der Waals surface area contributed by atoms with Crippen LogP contribution in [0.25, 0.3) is 0 Å². The van der Waals surface area contributed by atoms with E-state index in [1.165, 1.54) is 5.57 Å². The van der Waals surface area contributed by atoms with Crippen LogP contribution in [-0.4, -0.2) is 20.3 Å². The second kappa shape index (κ2) is 4.69. The normalized spacial score (nSPS) is 16.4. The summed E-state index contributed by atoms with van der Waals surface area (Å²) in [6.45, 7) is 5.49. The fraction of sp³-hybridized carbons (Fsp3) is 0.273. The van der Waals surface area contributed by atoms with Gasteiger partial charge < -0.3 is 0 Å². The van der Waals surface area contributed by atoms with Gasteiger partial charge in [-0.2, -0.15) is 0 Å². The summed E-state index contributed by atoms with van der Waals surface area (Å²) in [7, 11) is 5.66. The Morgan fingerprint density at radius 3 is 3.08 bits per heavy atom. The highest BCUT2D eigenvalue weighted by molar-refractivity contribution is 6.23. The van der Waals surface area contributed by atoms with Crippen LogP contribution in [0.4, 0.5) is 0 Å². The molecule has 1 aliphatic carbocycles. The van der Waals surface area contributed by atoms with Gasteiger partial charge in [-0.1, -0.05) is 24.3 Å². The van der Waals surface area contributed by atoms with E-state index in [1.807, 2.05) is 31.2 Å². The van der Waals surface area contributed by atoms with Crippen LogP contribution in [0.3, 0.4) is 0 Å². The third-order valence-electron chi connectivity index (χ3n) is 2.08. The van der Waals surface area contributed by atoms with Gasteiger partial charge in [-0.05, 0) is 12.8 Å². The summed E-state index contributed by atoms with van der Waals surface area (Å²) in [5, 5.41) is 0. The average Bonchev–Trinajstić information content (AvgIpc) is 2.10. The Kier molecular flexibility index (Phi) is 3.54. The SMILES string of the molecule is [B]C1=CCCC(C(C)=[N+]=C)=CC=C1. The van der Waals surface area contributed by atoms with Crippen LogP contribution < -0.4 is 4.67 Å². The van der Waals surface area contributed by atoms with E-state index in [0.717, 1.165) is 24.0 Å². The van der Waals surface area contributed by atoms with E-state index < -0.39 is 0 Å². The minimum absolute atomic E-state index is 0.833. The van der Waals surface area contributed by atoms with Crippen molar-refractivity contribution in [3.05, 3.63) is 35.3 Å². The lowest BCUT2D eigenvalue weighted by Crippen LogP contribution is -2.01. The van der Waals surface area contributed by atoms with Crippen molar-refractivity contribution in [2.24, 2.45) is 0 Å². The highest BCUT2D eigenvalue weighted by atomic mass is 14.5. The van der Waals surface area contributed by atoms with Gasteiger partial charge in [0.05, 0.1) is 0 Å². The smallest absolute Gasteiger partial charge is 0.106 e. The van der Waals surface area contributed by atoms with Crippen molar-refractivity contribution < 1.29 is 0 Å². The molecule has 0 aromatic carbocycles. The van der Waals surface area contributed by atoms with Gasteiger partial charge in [-0.25, -0.2) is 0 Å². The molecule has 0 spiro atoms. The Morgan fingerprint density at radius 1 is 1.62 bits per heavy atom. The molecule has 0 aliphatic heterocycles. The standard InChI is InChI=1S/C11H13BN/c1-9(13-2)10-5-3-7-11(12)8-4-6-10/h3,5,7-8H,2,4,6H2,1H3/q+1. The van der Waals surface area contributed by atoms with E-state index in [4.69, 9.17) is 7.85 Å². The maximum atomic E-state index is 5.66. The molecule has 0 unspecified atom stereocenters. The van der Waals surface area contributed by atoms with Crippen molar-refractivity contribution in [1.82, 2.24) is 4.67 Å². The van der Waals surface area contributed by atoms with Gasteiger partial charge in [0.1, 0.15) is 7.85 Å². The molecule has 0 N–H and O–H groups in total. The monoisotopic (exact) mass is 170 g/mol. The summed E-state index contributed by atoms with van der Waals surface area (Å²) >= 11 is 0. The predicted octanol–water partition coefficient (Wildman–Crippen LogP) is 1.54. The summed E-state index contributed by atoms with van der Waals surface area (Å²) in [4.78, 5) is 0. The Bertz CT molecular complexity index is 328. The maximum absolute atomic E-state index is 5.66. The van der Waals surface area contributed by atoms with Crippen LogP contribution in [0.15, 0.2) is 35.3 Å². The summed E-state index contributed by atoms with van der Waals surface area (Å²) in [5.74, 6) is 0.